The lowest BCUT2D eigenvalue weighted by atomic mass is 9.82. The summed E-state index contributed by atoms with van der Waals surface area (Å²) in [5.41, 5.74) is -0.918. The van der Waals surface area contributed by atoms with Crippen LogP contribution < -0.4 is 5.56 Å². The second kappa shape index (κ2) is 8.27. The molecular formula is C19H27F2N3O2. The second-order valence-electron chi connectivity index (χ2n) is 7.83. The maximum absolute atomic E-state index is 12.7. The van der Waals surface area contributed by atoms with Crippen LogP contribution in [0.2, 0.25) is 0 Å². The molecule has 0 radical (unpaired) electrons. The average molecular weight is 367 g/mol. The van der Waals surface area contributed by atoms with Gasteiger partial charge in [-0.15, -0.1) is 0 Å². The second-order valence-corrected chi connectivity index (χ2v) is 7.83. The van der Waals surface area contributed by atoms with Gasteiger partial charge in [-0.2, -0.15) is 0 Å². The van der Waals surface area contributed by atoms with Crippen LogP contribution in [0, 0.1) is 17.8 Å². The van der Waals surface area contributed by atoms with Gasteiger partial charge in [0, 0.05) is 31.6 Å². The number of likely N-dealkylation sites (tertiary alicyclic amines) is 1. The summed E-state index contributed by atoms with van der Waals surface area (Å²) in [6.07, 6.45) is 4.42. The van der Waals surface area contributed by atoms with Crippen molar-refractivity contribution >= 4 is 5.91 Å². The Morgan fingerprint density at radius 1 is 1.19 bits per heavy atom. The van der Waals surface area contributed by atoms with Crippen LogP contribution >= 0.6 is 0 Å². The number of hydrogen-bond acceptors (Lipinski definition) is 3. The summed E-state index contributed by atoms with van der Waals surface area (Å²) in [4.78, 5) is 30.3. The molecule has 2 fully saturated rings. The first-order chi connectivity index (χ1) is 12.4. The minimum absolute atomic E-state index is 0.177. The molecule has 0 bridgehead atoms. The topological polar surface area (TPSA) is 55.2 Å². The molecule has 1 amide bonds. The number of carbonyl (C=O) groups excluding carboxylic acids is 1. The molecule has 5 nitrogen and oxygen atoms in total. The zero-order chi connectivity index (χ0) is 18.7. The van der Waals surface area contributed by atoms with Crippen molar-refractivity contribution < 1.29 is 13.6 Å². The van der Waals surface area contributed by atoms with Crippen molar-refractivity contribution in [3.8, 4) is 0 Å². The number of rotatable bonds is 4. The largest absolute Gasteiger partial charge is 0.342 e. The predicted octanol–water partition coefficient (Wildman–Crippen LogP) is 3.25. The van der Waals surface area contributed by atoms with Crippen LogP contribution in [-0.2, 0) is 11.3 Å². The summed E-state index contributed by atoms with van der Waals surface area (Å²) in [5.74, 6) is 1.46. The van der Waals surface area contributed by atoms with Crippen molar-refractivity contribution in [2.24, 2.45) is 17.8 Å². The fraction of sp³-hybridized carbons (Fsp3) is 0.737. The Hall–Kier alpha value is -1.79. The molecule has 0 aromatic carbocycles. The van der Waals surface area contributed by atoms with Gasteiger partial charge in [0.1, 0.15) is 5.69 Å². The third-order valence-corrected chi connectivity index (χ3v) is 5.87. The zero-order valence-electron chi connectivity index (χ0n) is 15.2. The lowest BCUT2D eigenvalue weighted by Crippen LogP contribution is -2.43. The van der Waals surface area contributed by atoms with E-state index >= 15 is 0 Å². The van der Waals surface area contributed by atoms with Gasteiger partial charge in [-0.3, -0.25) is 14.2 Å². The van der Waals surface area contributed by atoms with Crippen LogP contribution in [0.1, 0.15) is 57.6 Å². The Bertz CT molecular complexity index is 676. The van der Waals surface area contributed by atoms with Gasteiger partial charge in [0.25, 0.3) is 12.0 Å². The molecule has 144 valence electrons. The summed E-state index contributed by atoms with van der Waals surface area (Å²) in [6, 6.07) is 0.910. The maximum Gasteiger partial charge on any atom is 0.280 e. The van der Waals surface area contributed by atoms with Gasteiger partial charge in [-0.05, 0) is 50.4 Å². The third-order valence-electron chi connectivity index (χ3n) is 5.87. The number of hydrogen-bond donors (Lipinski definition) is 0. The summed E-state index contributed by atoms with van der Waals surface area (Å²) in [5, 5.41) is 0. The van der Waals surface area contributed by atoms with Crippen LogP contribution in [0.5, 0.6) is 0 Å². The van der Waals surface area contributed by atoms with E-state index in [0.29, 0.717) is 19.6 Å². The highest BCUT2D eigenvalue weighted by molar-refractivity contribution is 5.79. The molecule has 1 saturated heterocycles. The monoisotopic (exact) mass is 367 g/mol. The van der Waals surface area contributed by atoms with E-state index < -0.39 is 17.7 Å². The summed E-state index contributed by atoms with van der Waals surface area (Å²) < 4.78 is 26.6. The van der Waals surface area contributed by atoms with Crippen LogP contribution in [0.25, 0.3) is 0 Å². The molecule has 26 heavy (non-hydrogen) atoms. The van der Waals surface area contributed by atoms with Gasteiger partial charge in [0.05, 0.1) is 6.33 Å². The molecule has 7 heteroatoms. The average Bonchev–Trinajstić information content (AvgIpc) is 2.64. The summed E-state index contributed by atoms with van der Waals surface area (Å²) in [6.45, 7) is 4.15. The number of halogens is 2. The highest BCUT2D eigenvalue weighted by atomic mass is 19.3. The SMILES string of the molecule is CC1CCC(C(=O)N2CCC(Cn3cnc(C(F)F)cc3=O)CC2)CC1. The fourth-order valence-corrected chi connectivity index (χ4v) is 4.08. The van der Waals surface area contributed by atoms with Crippen molar-refractivity contribution in [1.29, 1.82) is 0 Å². The molecule has 1 aromatic rings. The van der Waals surface area contributed by atoms with Crippen molar-refractivity contribution in [1.82, 2.24) is 14.5 Å². The molecule has 1 aromatic heterocycles. The van der Waals surface area contributed by atoms with Crippen molar-refractivity contribution in [3.05, 3.63) is 28.4 Å². The molecule has 2 heterocycles. The quantitative estimate of drug-likeness (QED) is 0.821. The number of alkyl halides is 2. The van der Waals surface area contributed by atoms with Crippen molar-refractivity contribution in [2.75, 3.05) is 13.1 Å². The van der Waals surface area contributed by atoms with E-state index in [0.717, 1.165) is 50.5 Å². The normalized spacial score (nSPS) is 24.8. The molecule has 1 saturated carbocycles. The highest BCUT2D eigenvalue weighted by Crippen LogP contribution is 2.31. The molecule has 2 aliphatic rings. The van der Waals surface area contributed by atoms with Crippen LogP contribution in [0.3, 0.4) is 0 Å². The third kappa shape index (κ3) is 4.48. The van der Waals surface area contributed by atoms with Gasteiger partial charge in [-0.25, -0.2) is 13.8 Å². The maximum atomic E-state index is 12.7. The standard InChI is InChI=1S/C19H27F2N3O2/c1-13-2-4-15(5-3-13)19(26)23-8-6-14(7-9-23)11-24-12-22-16(18(20)21)10-17(24)25/h10,12-15,18H,2-9,11H2,1H3. The van der Waals surface area contributed by atoms with Crippen LogP contribution in [0.4, 0.5) is 8.78 Å². The van der Waals surface area contributed by atoms with Gasteiger partial charge >= 0.3 is 0 Å². The van der Waals surface area contributed by atoms with Gasteiger partial charge in [0.2, 0.25) is 5.91 Å². The number of amides is 1. The van der Waals surface area contributed by atoms with Gasteiger partial charge in [0.15, 0.2) is 0 Å². The Balaban J connectivity index is 1.51. The first-order valence-electron chi connectivity index (χ1n) is 9.57. The van der Waals surface area contributed by atoms with E-state index in [1.165, 1.54) is 10.9 Å². The van der Waals surface area contributed by atoms with E-state index in [-0.39, 0.29) is 17.7 Å². The Morgan fingerprint density at radius 3 is 2.42 bits per heavy atom. The molecule has 0 unspecified atom stereocenters. The zero-order valence-corrected chi connectivity index (χ0v) is 15.2. The predicted molar refractivity (Wildman–Crippen MR) is 93.9 cm³/mol. The minimum atomic E-state index is -2.73. The van der Waals surface area contributed by atoms with E-state index in [1.54, 1.807) is 0 Å². The number of nitrogens with zero attached hydrogens (tertiary/aromatic N) is 3. The van der Waals surface area contributed by atoms with Gasteiger partial charge < -0.3 is 4.90 Å². The Kier molecular flexibility index (Phi) is 6.04. The fourth-order valence-electron chi connectivity index (χ4n) is 4.08. The van der Waals surface area contributed by atoms with E-state index in [2.05, 4.69) is 11.9 Å². The molecule has 0 atom stereocenters. The van der Waals surface area contributed by atoms with E-state index in [1.807, 2.05) is 4.90 Å². The smallest absolute Gasteiger partial charge is 0.280 e. The molecule has 1 aliphatic carbocycles. The summed E-state index contributed by atoms with van der Waals surface area (Å²) >= 11 is 0. The minimum Gasteiger partial charge on any atom is -0.342 e. The van der Waals surface area contributed by atoms with E-state index in [9.17, 15) is 18.4 Å². The molecular weight excluding hydrogens is 340 g/mol. The first kappa shape index (κ1) is 19.0. The van der Waals surface area contributed by atoms with Crippen LogP contribution in [0.15, 0.2) is 17.2 Å². The number of piperidine rings is 1. The van der Waals surface area contributed by atoms with E-state index in [4.69, 9.17) is 0 Å². The van der Waals surface area contributed by atoms with Crippen LogP contribution in [-0.4, -0.2) is 33.4 Å². The number of carbonyl (C=O) groups is 1. The van der Waals surface area contributed by atoms with Crippen molar-refractivity contribution in [3.63, 3.8) is 0 Å². The molecule has 1 aliphatic heterocycles. The first-order valence-corrected chi connectivity index (χ1v) is 9.57. The lowest BCUT2D eigenvalue weighted by molar-refractivity contribution is -0.138. The van der Waals surface area contributed by atoms with Gasteiger partial charge in [-0.1, -0.05) is 6.92 Å². The number of aromatic nitrogens is 2. The summed E-state index contributed by atoms with van der Waals surface area (Å²) in [7, 11) is 0. The molecule has 3 rings (SSSR count). The highest BCUT2D eigenvalue weighted by Gasteiger charge is 2.30. The lowest BCUT2D eigenvalue weighted by Gasteiger charge is -2.36. The Labute approximate surface area is 152 Å². The molecule has 0 N–H and O–H groups in total. The molecule has 0 spiro atoms. The Morgan fingerprint density at radius 2 is 1.85 bits per heavy atom. The van der Waals surface area contributed by atoms with Crippen molar-refractivity contribution in [2.45, 2.75) is 58.4 Å².